The van der Waals surface area contributed by atoms with Gasteiger partial charge >= 0.3 is 0 Å². The van der Waals surface area contributed by atoms with Crippen LogP contribution in [0.2, 0.25) is 0 Å². The lowest BCUT2D eigenvalue weighted by molar-refractivity contribution is 0.170. The fourth-order valence-electron chi connectivity index (χ4n) is 3.56. The van der Waals surface area contributed by atoms with Crippen LogP contribution in [0.25, 0.3) is 0 Å². The van der Waals surface area contributed by atoms with Gasteiger partial charge in [0.2, 0.25) is 12.5 Å². The van der Waals surface area contributed by atoms with E-state index in [1.807, 2.05) is 0 Å². The molecular formula is C22H27FO2. The molecule has 1 aliphatic heterocycles. The lowest BCUT2D eigenvalue weighted by Crippen LogP contribution is -2.05. The number of halogens is 1. The first-order valence-corrected chi connectivity index (χ1v) is 9.09. The summed E-state index contributed by atoms with van der Waals surface area (Å²) in [6.45, 7) is 10.9. The van der Waals surface area contributed by atoms with Crippen molar-refractivity contribution in [3.63, 3.8) is 0 Å². The van der Waals surface area contributed by atoms with Crippen LogP contribution in [0.1, 0.15) is 74.6 Å². The Morgan fingerprint density at radius 1 is 0.880 bits per heavy atom. The first-order valence-electron chi connectivity index (χ1n) is 9.09. The molecule has 0 N–H and O–H groups in total. The SMILES string of the molecule is CC(C)c1ccc(C(C)Cc2cc(F)c3c(c2C(C)C)OCO3)cc1. The molecule has 0 amide bonds. The van der Waals surface area contributed by atoms with Crippen LogP contribution >= 0.6 is 0 Å². The molecule has 1 unspecified atom stereocenters. The first kappa shape index (κ1) is 17.8. The van der Waals surface area contributed by atoms with Crippen LogP contribution in [0.5, 0.6) is 11.5 Å². The molecule has 3 rings (SSSR count). The molecule has 2 nitrogen and oxygen atoms in total. The molecule has 0 aromatic heterocycles. The average molecular weight is 342 g/mol. The Morgan fingerprint density at radius 3 is 2.08 bits per heavy atom. The molecule has 0 saturated carbocycles. The molecule has 1 aliphatic rings. The van der Waals surface area contributed by atoms with Crippen molar-refractivity contribution in [2.45, 2.75) is 58.8 Å². The van der Waals surface area contributed by atoms with Crippen LogP contribution in [-0.4, -0.2) is 6.79 Å². The average Bonchev–Trinajstić information content (AvgIpc) is 3.04. The molecule has 0 spiro atoms. The minimum Gasteiger partial charge on any atom is -0.453 e. The summed E-state index contributed by atoms with van der Waals surface area (Å²) in [4.78, 5) is 0. The second-order valence-corrected chi connectivity index (χ2v) is 7.58. The van der Waals surface area contributed by atoms with Crippen molar-refractivity contribution in [1.29, 1.82) is 0 Å². The van der Waals surface area contributed by atoms with Crippen molar-refractivity contribution in [1.82, 2.24) is 0 Å². The van der Waals surface area contributed by atoms with Gasteiger partial charge in [-0.25, -0.2) is 4.39 Å². The van der Waals surface area contributed by atoms with Crippen molar-refractivity contribution in [2.24, 2.45) is 0 Å². The number of rotatable bonds is 5. The molecule has 2 aromatic carbocycles. The van der Waals surface area contributed by atoms with Crippen LogP contribution in [0.3, 0.4) is 0 Å². The Kier molecular flexibility index (Phi) is 5.03. The van der Waals surface area contributed by atoms with E-state index in [2.05, 4.69) is 58.9 Å². The van der Waals surface area contributed by atoms with E-state index in [-0.39, 0.29) is 24.3 Å². The fourth-order valence-corrected chi connectivity index (χ4v) is 3.56. The highest BCUT2D eigenvalue weighted by molar-refractivity contribution is 5.54. The Hall–Kier alpha value is -2.03. The highest BCUT2D eigenvalue weighted by atomic mass is 19.1. The maximum atomic E-state index is 14.4. The van der Waals surface area contributed by atoms with Gasteiger partial charge in [0.05, 0.1) is 0 Å². The maximum Gasteiger partial charge on any atom is 0.231 e. The summed E-state index contributed by atoms with van der Waals surface area (Å²) in [6.07, 6.45) is 0.780. The predicted octanol–water partition coefficient (Wildman–Crippen LogP) is 6.15. The largest absolute Gasteiger partial charge is 0.453 e. The van der Waals surface area contributed by atoms with E-state index in [1.54, 1.807) is 6.07 Å². The third-order valence-electron chi connectivity index (χ3n) is 5.00. The van der Waals surface area contributed by atoms with E-state index in [0.29, 0.717) is 17.6 Å². The van der Waals surface area contributed by atoms with E-state index >= 15 is 0 Å². The van der Waals surface area contributed by atoms with Gasteiger partial charge in [-0.3, -0.25) is 0 Å². The molecule has 0 aliphatic carbocycles. The van der Waals surface area contributed by atoms with E-state index in [9.17, 15) is 4.39 Å². The van der Waals surface area contributed by atoms with E-state index in [4.69, 9.17) is 9.47 Å². The quantitative estimate of drug-likeness (QED) is 0.649. The van der Waals surface area contributed by atoms with E-state index in [0.717, 1.165) is 17.5 Å². The van der Waals surface area contributed by atoms with Crippen molar-refractivity contribution >= 4 is 0 Å². The van der Waals surface area contributed by atoms with E-state index < -0.39 is 0 Å². The minimum absolute atomic E-state index is 0.0989. The second-order valence-electron chi connectivity index (χ2n) is 7.58. The Bertz CT molecular complexity index is 748. The summed E-state index contributed by atoms with van der Waals surface area (Å²) in [5.74, 6) is 1.61. The number of hydrogen-bond donors (Lipinski definition) is 0. The molecule has 0 bridgehead atoms. The molecule has 0 radical (unpaired) electrons. The number of ether oxygens (including phenoxy) is 2. The van der Waals surface area contributed by atoms with Crippen molar-refractivity contribution in [2.75, 3.05) is 6.79 Å². The van der Waals surface area contributed by atoms with Gasteiger partial charge in [-0.05, 0) is 46.9 Å². The highest BCUT2D eigenvalue weighted by Gasteiger charge is 2.27. The number of hydrogen-bond acceptors (Lipinski definition) is 2. The maximum absolute atomic E-state index is 14.4. The second kappa shape index (κ2) is 7.07. The third-order valence-corrected chi connectivity index (χ3v) is 5.00. The predicted molar refractivity (Wildman–Crippen MR) is 99.3 cm³/mol. The summed E-state index contributed by atoms with van der Waals surface area (Å²) in [5, 5.41) is 0. The van der Waals surface area contributed by atoms with Gasteiger partial charge in [-0.15, -0.1) is 0 Å². The topological polar surface area (TPSA) is 18.5 Å². The Morgan fingerprint density at radius 2 is 1.48 bits per heavy atom. The van der Waals surface area contributed by atoms with Gasteiger partial charge in [0.15, 0.2) is 11.6 Å². The van der Waals surface area contributed by atoms with Crippen LogP contribution < -0.4 is 9.47 Å². The van der Waals surface area contributed by atoms with Gasteiger partial charge in [0.25, 0.3) is 0 Å². The molecule has 25 heavy (non-hydrogen) atoms. The fraction of sp³-hybridized carbons (Fsp3) is 0.455. The molecule has 0 saturated heterocycles. The highest BCUT2D eigenvalue weighted by Crippen LogP contribution is 2.44. The van der Waals surface area contributed by atoms with Gasteiger partial charge in [-0.1, -0.05) is 58.9 Å². The molecule has 2 aromatic rings. The van der Waals surface area contributed by atoms with Crippen molar-refractivity contribution in [3.8, 4) is 11.5 Å². The minimum atomic E-state index is -0.325. The lowest BCUT2D eigenvalue weighted by atomic mass is 9.86. The molecule has 0 fully saturated rings. The van der Waals surface area contributed by atoms with Crippen LogP contribution in [0, 0.1) is 5.82 Å². The first-order chi connectivity index (χ1) is 11.9. The van der Waals surface area contributed by atoms with Gasteiger partial charge in [0, 0.05) is 5.56 Å². The van der Waals surface area contributed by atoms with Crippen LogP contribution in [-0.2, 0) is 6.42 Å². The normalized spacial score (nSPS) is 14.4. The molecule has 1 atom stereocenters. The monoisotopic (exact) mass is 342 g/mol. The summed E-state index contributed by atoms with van der Waals surface area (Å²) in [7, 11) is 0. The summed E-state index contributed by atoms with van der Waals surface area (Å²) < 4.78 is 25.3. The van der Waals surface area contributed by atoms with Crippen LogP contribution in [0.15, 0.2) is 30.3 Å². The zero-order chi connectivity index (χ0) is 18.1. The Balaban J connectivity index is 1.90. The molecule has 3 heteroatoms. The molecule has 134 valence electrons. The molecular weight excluding hydrogens is 315 g/mol. The number of benzene rings is 2. The van der Waals surface area contributed by atoms with Crippen molar-refractivity contribution in [3.05, 3.63) is 58.4 Å². The third kappa shape index (κ3) is 3.51. The summed E-state index contributed by atoms with van der Waals surface area (Å²) in [5.41, 5.74) is 4.70. The standard InChI is InChI=1S/C22H27FO2/c1-13(2)16-6-8-17(9-7-16)15(5)10-18-11-19(23)21-22(25-12-24-21)20(18)14(3)4/h6-9,11,13-15H,10,12H2,1-5H3. The molecule has 1 heterocycles. The zero-order valence-electron chi connectivity index (χ0n) is 15.7. The summed E-state index contributed by atoms with van der Waals surface area (Å²) in [6, 6.07) is 10.4. The van der Waals surface area contributed by atoms with Gasteiger partial charge in [-0.2, -0.15) is 0 Å². The van der Waals surface area contributed by atoms with Gasteiger partial charge < -0.3 is 9.47 Å². The smallest absolute Gasteiger partial charge is 0.231 e. The Labute approximate surface area is 150 Å². The summed E-state index contributed by atoms with van der Waals surface area (Å²) >= 11 is 0. The van der Waals surface area contributed by atoms with Crippen molar-refractivity contribution < 1.29 is 13.9 Å². The lowest BCUT2D eigenvalue weighted by Gasteiger charge is -2.19. The van der Waals surface area contributed by atoms with Crippen LogP contribution in [0.4, 0.5) is 4.39 Å². The zero-order valence-corrected chi connectivity index (χ0v) is 15.7. The number of fused-ring (bicyclic) bond motifs is 1. The van der Waals surface area contributed by atoms with E-state index in [1.165, 1.54) is 11.1 Å². The van der Waals surface area contributed by atoms with Gasteiger partial charge in [0.1, 0.15) is 0 Å².